The second-order valence-electron chi connectivity index (χ2n) is 5.04. The summed E-state index contributed by atoms with van der Waals surface area (Å²) in [5, 5.41) is 0. The molecule has 0 radical (unpaired) electrons. The SMILES string of the molecule is CC1CC(C)N2C(=N1)CC1=C2\C=C/C=C\C=C/1. The molecular weight excluding hydrogens is 208 g/mol. The minimum Gasteiger partial charge on any atom is -0.327 e. The maximum absolute atomic E-state index is 4.79. The number of rotatable bonds is 0. The number of amidine groups is 1. The van der Waals surface area contributed by atoms with Gasteiger partial charge in [0, 0.05) is 18.2 Å². The molecule has 0 aromatic heterocycles. The highest BCUT2D eigenvalue weighted by molar-refractivity contribution is 5.92. The number of fused-ring (bicyclic) bond motifs is 2. The Morgan fingerprint density at radius 1 is 1.12 bits per heavy atom. The molecule has 3 rings (SSSR count). The Balaban J connectivity index is 2.03. The third kappa shape index (κ3) is 1.78. The Morgan fingerprint density at radius 2 is 1.88 bits per heavy atom. The monoisotopic (exact) mass is 226 g/mol. The van der Waals surface area contributed by atoms with Crippen LogP contribution in [0.15, 0.2) is 52.7 Å². The first-order chi connectivity index (χ1) is 8.25. The lowest BCUT2D eigenvalue weighted by Gasteiger charge is -2.34. The number of hydrogen-bond acceptors (Lipinski definition) is 2. The van der Waals surface area contributed by atoms with Gasteiger partial charge in [0.05, 0.1) is 6.04 Å². The molecule has 0 spiro atoms. The van der Waals surface area contributed by atoms with Crippen LogP contribution < -0.4 is 0 Å². The summed E-state index contributed by atoms with van der Waals surface area (Å²) in [6.07, 6.45) is 14.9. The van der Waals surface area contributed by atoms with Crippen LogP contribution in [0.4, 0.5) is 0 Å². The number of nitrogens with zero attached hydrogens (tertiary/aromatic N) is 2. The highest BCUT2D eigenvalue weighted by Gasteiger charge is 2.33. The van der Waals surface area contributed by atoms with Crippen LogP contribution >= 0.6 is 0 Å². The van der Waals surface area contributed by atoms with Gasteiger partial charge in [-0.15, -0.1) is 0 Å². The van der Waals surface area contributed by atoms with E-state index in [0.29, 0.717) is 12.1 Å². The average Bonchev–Trinajstić information content (AvgIpc) is 2.55. The summed E-state index contributed by atoms with van der Waals surface area (Å²) >= 11 is 0. The molecule has 2 aliphatic heterocycles. The Labute approximate surface area is 103 Å². The third-order valence-corrected chi connectivity index (χ3v) is 3.59. The Morgan fingerprint density at radius 3 is 2.71 bits per heavy atom. The van der Waals surface area contributed by atoms with Crippen LogP contribution in [0.3, 0.4) is 0 Å². The zero-order valence-electron chi connectivity index (χ0n) is 10.4. The van der Waals surface area contributed by atoms with Crippen LogP contribution in [-0.4, -0.2) is 22.8 Å². The molecule has 88 valence electrons. The van der Waals surface area contributed by atoms with Gasteiger partial charge in [0.1, 0.15) is 5.84 Å². The molecular formula is C15H18N2. The Kier molecular flexibility index (Phi) is 2.50. The second-order valence-corrected chi connectivity index (χ2v) is 5.04. The van der Waals surface area contributed by atoms with E-state index in [1.165, 1.54) is 17.1 Å². The largest absolute Gasteiger partial charge is 0.327 e. The van der Waals surface area contributed by atoms with E-state index in [0.717, 1.165) is 12.8 Å². The van der Waals surface area contributed by atoms with Crippen molar-refractivity contribution < 1.29 is 0 Å². The minimum absolute atomic E-state index is 0.466. The lowest BCUT2D eigenvalue weighted by molar-refractivity contribution is 0.345. The molecule has 0 saturated heterocycles. The molecule has 2 unspecified atom stereocenters. The maximum atomic E-state index is 4.79. The summed E-state index contributed by atoms with van der Waals surface area (Å²) in [6, 6.07) is 1.03. The van der Waals surface area contributed by atoms with E-state index in [-0.39, 0.29) is 0 Å². The fourth-order valence-corrected chi connectivity index (χ4v) is 2.92. The number of allylic oxidation sites excluding steroid dienone is 6. The fourth-order valence-electron chi connectivity index (χ4n) is 2.92. The molecule has 2 heterocycles. The average molecular weight is 226 g/mol. The third-order valence-electron chi connectivity index (χ3n) is 3.59. The second kappa shape index (κ2) is 4.02. The molecule has 2 heteroatoms. The first kappa shape index (κ1) is 10.6. The number of aliphatic imine (C=N–C) groups is 1. The van der Waals surface area contributed by atoms with Gasteiger partial charge < -0.3 is 4.90 Å². The summed E-state index contributed by atoms with van der Waals surface area (Å²) in [5.41, 5.74) is 2.73. The first-order valence-electron chi connectivity index (χ1n) is 6.36. The predicted octanol–water partition coefficient (Wildman–Crippen LogP) is 3.21. The van der Waals surface area contributed by atoms with Crippen LogP contribution in [0.5, 0.6) is 0 Å². The quantitative estimate of drug-likeness (QED) is 0.619. The molecule has 1 aliphatic carbocycles. The van der Waals surface area contributed by atoms with Gasteiger partial charge in [-0.25, -0.2) is 0 Å². The van der Waals surface area contributed by atoms with Crippen LogP contribution in [0.2, 0.25) is 0 Å². The molecule has 0 bridgehead atoms. The normalized spacial score (nSPS) is 36.6. The van der Waals surface area contributed by atoms with E-state index in [1.807, 2.05) is 0 Å². The van der Waals surface area contributed by atoms with E-state index in [1.54, 1.807) is 0 Å². The summed E-state index contributed by atoms with van der Waals surface area (Å²) in [7, 11) is 0. The minimum atomic E-state index is 0.466. The molecule has 2 atom stereocenters. The van der Waals surface area contributed by atoms with Crippen molar-refractivity contribution in [3.8, 4) is 0 Å². The van der Waals surface area contributed by atoms with E-state index in [9.17, 15) is 0 Å². The van der Waals surface area contributed by atoms with Crippen LogP contribution in [0.25, 0.3) is 0 Å². The van der Waals surface area contributed by atoms with Crippen molar-refractivity contribution in [1.29, 1.82) is 0 Å². The molecule has 0 fully saturated rings. The molecule has 0 aromatic carbocycles. The topological polar surface area (TPSA) is 15.6 Å². The van der Waals surface area contributed by atoms with Gasteiger partial charge in [-0.1, -0.05) is 30.4 Å². The van der Waals surface area contributed by atoms with Crippen molar-refractivity contribution in [1.82, 2.24) is 4.90 Å². The Hall–Kier alpha value is -1.57. The highest BCUT2D eigenvalue weighted by Crippen LogP contribution is 2.34. The van der Waals surface area contributed by atoms with E-state index < -0.39 is 0 Å². The van der Waals surface area contributed by atoms with Gasteiger partial charge in [-0.2, -0.15) is 0 Å². The van der Waals surface area contributed by atoms with Crippen molar-refractivity contribution in [3.05, 3.63) is 47.7 Å². The smallest absolute Gasteiger partial charge is 0.108 e. The Bertz CT molecular complexity index is 477. The summed E-state index contributed by atoms with van der Waals surface area (Å²) in [4.78, 5) is 7.20. The van der Waals surface area contributed by atoms with Gasteiger partial charge in [-0.05, 0) is 31.9 Å². The van der Waals surface area contributed by atoms with Crippen molar-refractivity contribution in [2.45, 2.75) is 38.8 Å². The molecule has 3 aliphatic rings. The molecule has 0 aromatic rings. The lowest BCUT2D eigenvalue weighted by atomic mass is 10.1. The predicted molar refractivity (Wildman–Crippen MR) is 71.9 cm³/mol. The van der Waals surface area contributed by atoms with Gasteiger partial charge in [-0.3, -0.25) is 4.99 Å². The van der Waals surface area contributed by atoms with Crippen LogP contribution in [-0.2, 0) is 0 Å². The van der Waals surface area contributed by atoms with Crippen molar-refractivity contribution in [2.75, 3.05) is 0 Å². The van der Waals surface area contributed by atoms with Gasteiger partial charge >= 0.3 is 0 Å². The highest BCUT2D eigenvalue weighted by atomic mass is 15.3. The molecule has 0 saturated carbocycles. The summed E-state index contributed by atoms with van der Waals surface area (Å²) in [5.74, 6) is 1.25. The zero-order chi connectivity index (χ0) is 11.8. The van der Waals surface area contributed by atoms with Gasteiger partial charge in [0.15, 0.2) is 0 Å². The van der Waals surface area contributed by atoms with Gasteiger partial charge in [0.2, 0.25) is 0 Å². The summed E-state index contributed by atoms with van der Waals surface area (Å²) < 4.78 is 0. The first-order valence-corrected chi connectivity index (χ1v) is 6.36. The van der Waals surface area contributed by atoms with E-state index in [2.05, 4.69) is 55.2 Å². The maximum Gasteiger partial charge on any atom is 0.108 e. The van der Waals surface area contributed by atoms with Crippen molar-refractivity contribution in [3.63, 3.8) is 0 Å². The molecule has 0 amide bonds. The molecule has 2 nitrogen and oxygen atoms in total. The van der Waals surface area contributed by atoms with Crippen molar-refractivity contribution in [2.24, 2.45) is 4.99 Å². The number of hydrogen-bond donors (Lipinski definition) is 0. The van der Waals surface area contributed by atoms with Crippen molar-refractivity contribution >= 4 is 5.84 Å². The van der Waals surface area contributed by atoms with Crippen LogP contribution in [0, 0.1) is 0 Å². The summed E-state index contributed by atoms with van der Waals surface area (Å²) in [6.45, 7) is 4.51. The molecule has 0 N–H and O–H groups in total. The fraction of sp³-hybridized carbons (Fsp3) is 0.400. The van der Waals surface area contributed by atoms with E-state index in [4.69, 9.17) is 4.99 Å². The van der Waals surface area contributed by atoms with Crippen LogP contribution in [0.1, 0.15) is 26.7 Å². The lowest BCUT2D eigenvalue weighted by Crippen LogP contribution is -2.40. The van der Waals surface area contributed by atoms with Gasteiger partial charge in [0.25, 0.3) is 0 Å². The standard InChI is InChI=1S/C15H18N2/c1-11-9-12(2)17-14-8-6-4-3-5-7-13(14)10-15(17)16-11/h3-8,11-12H,9-10H2,1-2H3/b4-3-,5-3?,6-4?,7-5-,8-6-,13-7?,14-8?. The van der Waals surface area contributed by atoms with E-state index >= 15 is 0 Å². The molecule has 17 heavy (non-hydrogen) atoms. The zero-order valence-corrected chi connectivity index (χ0v) is 10.4.